The molecule has 1 aromatic rings. The van der Waals surface area contributed by atoms with Crippen LogP contribution in [0, 0.1) is 21.4 Å². The second-order valence-electron chi connectivity index (χ2n) is 4.29. The summed E-state index contributed by atoms with van der Waals surface area (Å²) in [6.07, 6.45) is 1.10. The summed E-state index contributed by atoms with van der Waals surface area (Å²) >= 11 is 0. The summed E-state index contributed by atoms with van der Waals surface area (Å²) in [5.41, 5.74) is -1.03. The molecule has 0 spiro atoms. The Bertz CT molecular complexity index is 678. The number of hydrogen-bond acceptors (Lipinski definition) is 6. The molecule has 23 heavy (non-hydrogen) atoms. The summed E-state index contributed by atoms with van der Waals surface area (Å²) in [5, 5.41) is 40.7. The third-order valence-corrected chi connectivity index (χ3v) is 2.98. The number of nitrogens with zero attached hydrogens (tertiary/aromatic N) is 3. The van der Waals surface area contributed by atoms with Crippen molar-refractivity contribution < 1.29 is 49.5 Å². The maximum Gasteiger partial charge on any atom is 1.00 e. The smallest absolute Gasteiger partial charge is 0.865 e. The molecule has 8 nitrogen and oxygen atoms in total. The predicted octanol–water partition coefficient (Wildman–Crippen LogP) is -1.85. The number of nitro groups is 1. The van der Waals surface area contributed by atoms with Crippen molar-refractivity contribution >= 4 is 17.7 Å². The average Bonchev–Trinajstić information content (AvgIpc) is 2.48. The molecule has 0 aliphatic carbocycles. The van der Waals surface area contributed by atoms with E-state index >= 15 is 0 Å². The molecular weight excluding hydrogens is 313 g/mol. The van der Waals surface area contributed by atoms with Crippen LogP contribution in [-0.4, -0.2) is 33.9 Å². The molecule has 0 heterocycles. The van der Waals surface area contributed by atoms with E-state index in [1.807, 2.05) is 0 Å². The summed E-state index contributed by atoms with van der Waals surface area (Å²) in [6, 6.07) is 3.61. The SMILES string of the molecule is CCN(CC)C(=O)/C(C#N)=C/c1cc(O)c([O-])c([N+](=O)[O-])c1.[Na+]. The van der Waals surface area contributed by atoms with Crippen LogP contribution in [0.25, 0.3) is 6.08 Å². The monoisotopic (exact) mass is 327 g/mol. The first kappa shape index (κ1) is 20.9. The van der Waals surface area contributed by atoms with E-state index in [1.54, 1.807) is 19.9 Å². The number of carbonyl (C=O) groups excluding carboxylic acids is 1. The first-order chi connectivity index (χ1) is 10.3. The van der Waals surface area contributed by atoms with Gasteiger partial charge in [-0.05, 0) is 31.6 Å². The van der Waals surface area contributed by atoms with Crippen molar-refractivity contribution in [3.05, 3.63) is 33.4 Å². The van der Waals surface area contributed by atoms with Crippen LogP contribution in [0.5, 0.6) is 11.5 Å². The number of hydrogen-bond donors (Lipinski definition) is 1. The number of phenolic OH excluding ortho intramolecular Hbond substituents is 1. The Morgan fingerprint density at radius 1 is 1.43 bits per heavy atom. The summed E-state index contributed by atoms with van der Waals surface area (Å²) < 4.78 is 0. The summed E-state index contributed by atoms with van der Waals surface area (Å²) in [5.74, 6) is -2.45. The fourth-order valence-electron chi connectivity index (χ4n) is 1.83. The van der Waals surface area contributed by atoms with Gasteiger partial charge in [0.25, 0.3) is 11.6 Å². The van der Waals surface area contributed by atoms with E-state index in [1.165, 1.54) is 4.90 Å². The van der Waals surface area contributed by atoms with E-state index in [4.69, 9.17) is 5.26 Å². The van der Waals surface area contributed by atoms with Gasteiger partial charge in [-0.15, -0.1) is 0 Å². The molecule has 9 heteroatoms. The van der Waals surface area contributed by atoms with Crippen LogP contribution in [-0.2, 0) is 4.79 Å². The zero-order valence-electron chi connectivity index (χ0n) is 13.1. The van der Waals surface area contributed by atoms with Gasteiger partial charge in [0.1, 0.15) is 17.4 Å². The number of benzene rings is 1. The maximum atomic E-state index is 12.1. The molecule has 0 atom stereocenters. The van der Waals surface area contributed by atoms with Crippen molar-refractivity contribution in [1.29, 1.82) is 5.26 Å². The van der Waals surface area contributed by atoms with Crippen molar-refractivity contribution in [3.63, 3.8) is 0 Å². The van der Waals surface area contributed by atoms with Crippen LogP contribution < -0.4 is 34.7 Å². The molecule has 0 fully saturated rings. The molecular formula is C14H14N3NaO5. The van der Waals surface area contributed by atoms with Crippen LogP contribution >= 0.6 is 0 Å². The Labute approximate surface area is 155 Å². The number of rotatable bonds is 5. The molecule has 1 N–H and O–H groups in total. The summed E-state index contributed by atoms with van der Waals surface area (Å²) in [6.45, 7) is 4.30. The number of amides is 1. The number of aromatic hydroxyl groups is 1. The van der Waals surface area contributed by atoms with Crippen molar-refractivity contribution in [2.24, 2.45) is 0 Å². The molecule has 0 unspecified atom stereocenters. The van der Waals surface area contributed by atoms with Crippen LogP contribution in [0.4, 0.5) is 5.69 Å². The van der Waals surface area contributed by atoms with Crippen molar-refractivity contribution in [2.75, 3.05) is 13.1 Å². The van der Waals surface area contributed by atoms with Crippen LogP contribution in [0.1, 0.15) is 19.4 Å². The van der Waals surface area contributed by atoms with Crippen molar-refractivity contribution in [1.82, 2.24) is 4.90 Å². The van der Waals surface area contributed by atoms with E-state index in [0.29, 0.717) is 13.1 Å². The zero-order chi connectivity index (χ0) is 16.9. The molecule has 1 rings (SSSR count). The van der Waals surface area contributed by atoms with E-state index in [2.05, 4.69) is 0 Å². The molecule has 0 aromatic heterocycles. The molecule has 0 bridgehead atoms. The summed E-state index contributed by atoms with van der Waals surface area (Å²) in [4.78, 5) is 23.3. The Morgan fingerprint density at radius 3 is 2.43 bits per heavy atom. The topological polar surface area (TPSA) is 131 Å². The number of nitro benzene ring substituents is 1. The van der Waals surface area contributed by atoms with Crippen molar-refractivity contribution in [3.8, 4) is 17.6 Å². The van der Waals surface area contributed by atoms with Crippen LogP contribution in [0.2, 0.25) is 0 Å². The quantitative estimate of drug-likeness (QED) is 0.222. The Hall–Kier alpha value is -2.08. The van der Waals surface area contributed by atoms with Gasteiger partial charge in [-0.25, -0.2) is 0 Å². The number of carbonyl (C=O) groups is 1. The third kappa shape index (κ3) is 4.96. The van der Waals surface area contributed by atoms with Gasteiger partial charge in [0.05, 0.1) is 4.92 Å². The largest absolute Gasteiger partial charge is 1.00 e. The van der Waals surface area contributed by atoms with E-state index < -0.39 is 28.0 Å². The Balaban J connectivity index is 0.00000484. The Morgan fingerprint density at radius 2 is 2.00 bits per heavy atom. The minimum atomic E-state index is -1.12. The van der Waals surface area contributed by atoms with Crippen LogP contribution in [0.3, 0.4) is 0 Å². The van der Waals surface area contributed by atoms with Gasteiger partial charge in [-0.2, -0.15) is 5.26 Å². The molecule has 0 saturated carbocycles. The first-order valence-corrected chi connectivity index (χ1v) is 6.45. The minimum Gasteiger partial charge on any atom is -0.865 e. The number of likely N-dealkylation sites (N-methyl/N-ethyl adjacent to an activating group) is 1. The van der Waals surface area contributed by atoms with Gasteiger partial charge in [0.2, 0.25) is 0 Å². The maximum absolute atomic E-state index is 12.1. The molecule has 1 aromatic carbocycles. The second-order valence-corrected chi connectivity index (χ2v) is 4.29. The van der Waals surface area contributed by atoms with E-state index in [0.717, 1.165) is 18.2 Å². The second kappa shape index (κ2) is 9.15. The van der Waals surface area contributed by atoms with Gasteiger partial charge in [-0.1, -0.05) is 0 Å². The van der Waals surface area contributed by atoms with Gasteiger partial charge < -0.3 is 15.1 Å². The van der Waals surface area contributed by atoms with Gasteiger partial charge in [-0.3, -0.25) is 14.9 Å². The zero-order valence-corrected chi connectivity index (χ0v) is 15.1. The van der Waals surface area contributed by atoms with Gasteiger partial charge >= 0.3 is 29.6 Å². The third-order valence-electron chi connectivity index (χ3n) is 2.98. The minimum absolute atomic E-state index is 0. The fourth-order valence-corrected chi connectivity index (χ4v) is 1.83. The van der Waals surface area contributed by atoms with E-state index in [9.17, 15) is 25.1 Å². The predicted molar refractivity (Wildman–Crippen MR) is 75.7 cm³/mol. The normalized spacial score (nSPS) is 10.4. The molecule has 1 amide bonds. The molecule has 0 aliphatic rings. The fraction of sp³-hybridized carbons (Fsp3) is 0.286. The molecule has 0 saturated heterocycles. The van der Waals surface area contributed by atoms with E-state index in [-0.39, 0.29) is 40.7 Å². The number of phenols is 1. The molecule has 0 radical (unpaired) electrons. The molecule has 0 aliphatic heterocycles. The average molecular weight is 327 g/mol. The van der Waals surface area contributed by atoms with Crippen LogP contribution in [0.15, 0.2) is 17.7 Å². The Kier molecular flexibility index (Phi) is 8.32. The van der Waals surface area contributed by atoms with Gasteiger partial charge in [0, 0.05) is 24.9 Å². The molecule has 116 valence electrons. The van der Waals surface area contributed by atoms with Crippen molar-refractivity contribution in [2.45, 2.75) is 13.8 Å². The first-order valence-electron chi connectivity index (χ1n) is 6.45. The number of nitriles is 1. The summed E-state index contributed by atoms with van der Waals surface area (Å²) in [7, 11) is 0. The van der Waals surface area contributed by atoms with Gasteiger partial charge in [0.15, 0.2) is 0 Å². The standard InChI is InChI=1S/C14H15N3O5.Na/c1-3-16(4-2)14(20)10(8-15)5-9-6-11(17(21)22)13(19)12(18)7-9;/h5-7,18-19H,3-4H2,1-2H3;/q;+1/p-1/b10-5+;.